The quantitative estimate of drug-likeness (QED) is 0.176. The fourth-order valence-corrected chi connectivity index (χ4v) is 11.4. The van der Waals surface area contributed by atoms with E-state index in [0.29, 0.717) is 23.2 Å². The van der Waals surface area contributed by atoms with E-state index < -0.39 is 0 Å². The molecule has 324 valence electrons. The molecule has 0 saturated heterocycles. The summed E-state index contributed by atoms with van der Waals surface area (Å²) in [6.45, 7) is 0. The van der Waals surface area contributed by atoms with Crippen molar-refractivity contribution in [2.75, 3.05) is 0 Å². The number of fused-ring (bicyclic) bond motifs is 17. The Morgan fingerprint density at radius 2 is 0.929 bits per heavy atom. The summed E-state index contributed by atoms with van der Waals surface area (Å²) in [7, 11) is 0. The summed E-state index contributed by atoms with van der Waals surface area (Å²) in [6, 6.07) is 75.1. The third kappa shape index (κ3) is 5.25. The largest absolute Gasteiger partial charge is 0.456 e. The summed E-state index contributed by atoms with van der Waals surface area (Å²) in [6.07, 6.45) is 0. The van der Waals surface area contributed by atoms with Crippen LogP contribution in [0.3, 0.4) is 0 Å². The molecular formula is C63H35N5O2. The highest BCUT2D eigenvalue weighted by Gasteiger charge is 2.25. The SMILES string of the molecule is c1ccc2cc3c(cc2c1)c1c2ccccc2ccc1n3-c1cc(-c2nc(-c3ccc4c(c3)oc3ccccc34)nc(-n3c4ccccc4c4ccccc43)n2)c2oc3ccc4ccccc4c3c2c1. The van der Waals surface area contributed by atoms with E-state index in [1.165, 1.54) is 32.3 Å². The molecule has 0 aliphatic carbocycles. The van der Waals surface area contributed by atoms with Crippen LogP contribution in [-0.2, 0) is 0 Å². The predicted octanol–water partition coefficient (Wildman–Crippen LogP) is 16.7. The molecule has 0 fully saturated rings. The van der Waals surface area contributed by atoms with Gasteiger partial charge in [0.2, 0.25) is 5.95 Å². The summed E-state index contributed by atoms with van der Waals surface area (Å²) < 4.78 is 18.1. The van der Waals surface area contributed by atoms with E-state index in [-0.39, 0.29) is 0 Å². The van der Waals surface area contributed by atoms with E-state index in [9.17, 15) is 0 Å². The Bertz CT molecular complexity index is 4860. The minimum atomic E-state index is 0.485. The highest BCUT2D eigenvalue weighted by atomic mass is 16.3. The van der Waals surface area contributed by atoms with Gasteiger partial charge in [-0.1, -0.05) is 146 Å². The van der Waals surface area contributed by atoms with Crippen LogP contribution in [0, 0.1) is 0 Å². The molecule has 0 saturated carbocycles. The van der Waals surface area contributed by atoms with E-state index in [0.717, 1.165) is 98.7 Å². The second kappa shape index (κ2) is 14.0. The lowest BCUT2D eigenvalue weighted by molar-refractivity contribution is 0.668. The van der Waals surface area contributed by atoms with Gasteiger partial charge in [-0.05, 0) is 99.0 Å². The molecule has 11 aromatic carbocycles. The molecule has 0 spiro atoms. The van der Waals surface area contributed by atoms with Crippen molar-refractivity contribution < 1.29 is 8.83 Å². The fraction of sp³-hybridized carbons (Fsp3) is 0. The van der Waals surface area contributed by atoms with Gasteiger partial charge in [0.1, 0.15) is 22.3 Å². The number of furan rings is 2. The van der Waals surface area contributed by atoms with Crippen molar-refractivity contribution in [1.82, 2.24) is 24.1 Å². The van der Waals surface area contributed by atoms with Gasteiger partial charge in [-0.15, -0.1) is 0 Å². The van der Waals surface area contributed by atoms with Gasteiger partial charge in [0.25, 0.3) is 0 Å². The second-order valence-electron chi connectivity index (χ2n) is 18.3. The van der Waals surface area contributed by atoms with Crippen molar-refractivity contribution in [3.8, 4) is 34.4 Å². The molecule has 0 aliphatic heterocycles. The molecule has 70 heavy (non-hydrogen) atoms. The maximum absolute atomic E-state index is 7.09. The lowest BCUT2D eigenvalue weighted by atomic mass is 10.0. The Balaban J connectivity index is 1.05. The van der Waals surface area contributed by atoms with Crippen molar-refractivity contribution in [2.45, 2.75) is 0 Å². The van der Waals surface area contributed by atoms with Crippen molar-refractivity contribution in [2.24, 2.45) is 0 Å². The average Bonchev–Trinajstić information content (AvgIpc) is 4.17. The molecule has 16 rings (SSSR count). The predicted molar refractivity (Wildman–Crippen MR) is 286 cm³/mol. The van der Waals surface area contributed by atoms with Gasteiger partial charge in [-0.2, -0.15) is 9.97 Å². The highest BCUT2D eigenvalue weighted by Crippen LogP contribution is 2.45. The van der Waals surface area contributed by atoms with Crippen molar-refractivity contribution in [3.05, 3.63) is 212 Å². The molecule has 0 amide bonds. The Morgan fingerprint density at radius 3 is 1.70 bits per heavy atom. The fourth-order valence-electron chi connectivity index (χ4n) is 11.4. The molecular weight excluding hydrogens is 859 g/mol. The minimum Gasteiger partial charge on any atom is -0.456 e. The molecule has 0 N–H and O–H groups in total. The topological polar surface area (TPSA) is 74.8 Å². The van der Waals surface area contributed by atoms with Crippen LogP contribution in [0.5, 0.6) is 0 Å². The number of nitrogens with zero attached hydrogens (tertiary/aromatic N) is 5. The summed E-state index contributed by atoms with van der Waals surface area (Å²) in [4.78, 5) is 16.4. The van der Waals surface area contributed by atoms with Gasteiger partial charge in [-0.3, -0.25) is 4.57 Å². The third-order valence-corrected chi connectivity index (χ3v) is 14.5. The van der Waals surface area contributed by atoms with E-state index >= 15 is 0 Å². The third-order valence-electron chi connectivity index (χ3n) is 14.5. The first kappa shape index (κ1) is 37.5. The standard InChI is InChI=1S/C63H35N5O2/c1-2-16-39-32-54-48(31-38(39)15-1)58-42-17-5-3-13-36(42)26-29-53(58)67(54)41-34-49-59-43-18-6-4-14-37(43)27-30-56(59)70-60(49)50(35-41)62-64-61(40-25-28-47-46-21-9-12-24-55(46)69-57(47)33-40)65-63(66-62)68-51-22-10-7-19-44(51)45-20-8-11-23-52(45)68/h1-35H. The zero-order valence-electron chi connectivity index (χ0n) is 37.3. The van der Waals surface area contributed by atoms with Crippen LogP contribution >= 0.6 is 0 Å². The van der Waals surface area contributed by atoms with E-state index in [1.54, 1.807) is 0 Å². The smallest absolute Gasteiger partial charge is 0.238 e. The van der Waals surface area contributed by atoms with Crippen molar-refractivity contribution in [1.29, 1.82) is 0 Å². The van der Waals surface area contributed by atoms with Gasteiger partial charge < -0.3 is 13.4 Å². The van der Waals surface area contributed by atoms with E-state index in [1.807, 2.05) is 18.2 Å². The normalized spacial score (nSPS) is 12.3. The number of hydrogen-bond donors (Lipinski definition) is 0. The Labute approximate surface area is 397 Å². The van der Waals surface area contributed by atoms with Crippen LogP contribution in [0.1, 0.15) is 0 Å². The zero-order chi connectivity index (χ0) is 45.6. The molecule has 0 aliphatic rings. The van der Waals surface area contributed by atoms with Crippen LogP contribution < -0.4 is 0 Å². The molecule has 5 aromatic heterocycles. The van der Waals surface area contributed by atoms with Gasteiger partial charge >= 0.3 is 0 Å². The van der Waals surface area contributed by atoms with Crippen LogP contribution in [0.4, 0.5) is 0 Å². The van der Waals surface area contributed by atoms with E-state index in [4.69, 9.17) is 23.8 Å². The summed E-state index contributed by atoms with van der Waals surface area (Å²) >= 11 is 0. The van der Waals surface area contributed by atoms with Crippen molar-refractivity contribution >= 4 is 120 Å². The van der Waals surface area contributed by atoms with Crippen LogP contribution in [0.2, 0.25) is 0 Å². The van der Waals surface area contributed by atoms with Crippen LogP contribution in [-0.4, -0.2) is 24.1 Å². The molecule has 7 heteroatoms. The number of benzene rings is 11. The lowest BCUT2D eigenvalue weighted by Gasteiger charge is -2.14. The zero-order valence-corrected chi connectivity index (χ0v) is 37.3. The number of para-hydroxylation sites is 3. The Morgan fingerprint density at radius 1 is 0.314 bits per heavy atom. The number of hydrogen-bond acceptors (Lipinski definition) is 5. The van der Waals surface area contributed by atoms with Gasteiger partial charge in [-0.25, -0.2) is 4.98 Å². The average molecular weight is 894 g/mol. The van der Waals surface area contributed by atoms with Gasteiger partial charge in [0.15, 0.2) is 11.6 Å². The first-order chi connectivity index (χ1) is 34.7. The maximum atomic E-state index is 7.09. The van der Waals surface area contributed by atoms with Crippen LogP contribution in [0.15, 0.2) is 221 Å². The van der Waals surface area contributed by atoms with Crippen molar-refractivity contribution in [3.63, 3.8) is 0 Å². The van der Waals surface area contributed by atoms with Gasteiger partial charge in [0, 0.05) is 54.3 Å². The van der Waals surface area contributed by atoms with Gasteiger partial charge in [0.05, 0.1) is 27.6 Å². The molecule has 0 radical (unpaired) electrons. The molecule has 0 bridgehead atoms. The maximum Gasteiger partial charge on any atom is 0.238 e. The molecule has 16 aromatic rings. The molecule has 0 atom stereocenters. The minimum absolute atomic E-state index is 0.485. The summed E-state index contributed by atoms with van der Waals surface area (Å²) in [5, 5.41) is 15.8. The monoisotopic (exact) mass is 893 g/mol. The highest BCUT2D eigenvalue weighted by molar-refractivity contribution is 6.25. The first-order valence-corrected chi connectivity index (χ1v) is 23.6. The lowest BCUT2D eigenvalue weighted by Crippen LogP contribution is -2.07. The summed E-state index contributed by atoms with van der Waals surface area (Å²) in [5.41, 5.74) is 9.82. The number of aromatic nitrogens is 5. The molecule has 7 nitrogen and oxygen atoms in total. The second-order valence-corrected chi connectivity index (χ2v) is 18.3. The first-order valence-electron chi connectivity index (χ1n) is 23.6. The Kier molecular flexibility index (Phi) is 7.49. The molecule has 0 unspecified atom stereocenters. The van der Waals surface area contributed by atoms with Crippen LogP contribution in [0.25, 0.3) is 154 Å². The number of rotatable bonds is 4. The molecule has 5 heterocycles. The Hall–Kier alpha value is -9.59. The summed E-state index contributed by atoms with van der Waals surface area (Å²) in [5.74, 6) is 1.49. The van der Waals surface area contributed by atoms with E-state index in [2.05, 4.69) is 203 Å².